The molecule has 3 aromatic rings. The first-order valence-corrected chi connectivity index (χ1v) is 6.28. The van der Waals surface area contributed by atoms with Crippen LogP contribution in [0.2, 0.25) is 5.02 Å². The summed E-state index contributed by atoms with van der Waals surface area (Å²) >= 11 is 6.02. The number of nitrogens with two attached hydrogens (primary N) is 1. The molecule has 0 aliphatic rings. The number of aromatic hydroxyl groups is 1. The Morgan fingerprint density at radius 2 is 2.10 bits per heavy atom. The standard InChI is InChI=1S/C14H12ClN3O2/c1-20-12-5-7(15)4-9(13(12)19)14-17-10-3-2-8(16)6-11(10)18-14/h2-6,19H,16H2,1H3,(H,17,18). The summed E-state index contributed by atoms with van der Waals surface area (Å²) in [6, 6.07) is 8.53. The largest absolute Gasteiger partial charge is 0.504 e. The third-order valence-electron chi connectivity index (χ3n) is 3.02. The van der Waals surface area contributed by atoms with Gasteiger partial charge in [0.25, 0.3) is 0 Å². The van der Waals surface area contributed by atoms with E-state index in [9.17, 15) is 5.11 Å². The van der Waals surface area contributed by atoms with Crippen LogP contribution in [-0.4, -0.2) is 22.2 Å². The number of fused-ring (bicyclic) bond motifs is 1. The van der Waals surface area contributed by atoms with Gasteiger partial charge in [-0.25, -0.2) is 4.98 Å². The van der Waals surface area contributed by atoms with Gasteiger partial charge >= 0.3 is 0 Å². The Balaban J connectivity index is 2.22. The van der Waals surface area contributed by atoms with Crippen LogP contribution in [-0.2, 0) is 0 Å². The lowest BCUT2D eigenvalue weighted by molar-refractivity contribution is 0.374. The lowest BCUT2D eigenvalue weighted by Gasteiger charge is -2.07. The van der Waals surface area contributed by atoms with Crippen molar-refractivity contribution in [2.45, 2.75) is 0 Å². The van der Waals surface area contributed by atoms with Gasteiger partial charge in [0.15, 0.2) is 11.5 Å². The highest BCUT2D eigenvalue weighted by Gasteiger charge is 2.15. The van der Waals surface area contributed by atoms with Crippen LogP contribution in [0.5, 0.6) is 11.5 Å². The fourth-order valence-corrected chi connectivity index (χ4v) is 2.27. The summed E-state index contributed by atoms with van der Waals surface area (Å²) in [6.45, 7) is 0. The number of nitrogen functional groups attached to an aromatic ring is 1. The minimum Gasteiger partial charge on any atom is -0.504 e. The van der Waals surface area contributed by atoms with E-state index in [1.54, 1.807) is 24.3 Å². The Bertz CT molecular complexity index is 798. The van der Waals surface area contributed by atoms with E-state index in [-0.39, 0.29) is 5.75 Å². The van der Waals surface area contributed by atoms with Crippen molar-refractivity contribution in [2.24, 2.45) is 0 Å². The zero-order chi connectivity index (χ0) is 14.3. The number of nitrogens with one attached hydrogen (secondary N) is 1. The molecule has 20 heavy (non-hydrogen) atoms. The number of methoxy groups -OCH3 is 1. The predicted octanol–water partition coefficient (Wildman–Crippen LogP) is 3.18. The first-order valence-electron chi connectivity index (χ1n) is 5.90. The van der Waals surface area contributed by atoms with Gasteiger partial charge in [0.2, 0.25) is 0 Å². The number of rotatable bonds is 2. The zero-order valence-corrected chi connectivity index (χ0v) is 11.4. The molecule has 1 aromatic heterocycles. The Morgan fingerprint density at radius 1 is 1.30 bits per heavy atom. The Kier molecular flexibility index (Phi) is 2.91. The first-order chi connectivity index (χ1) is 9.58. The van der Waals surface area contributed by atoms with Gasteiger partial charge in [0, 0.05) is 16.8 Å². The van der Waals surface area contributed by atoms with Crippen molar-refractivity contribution in [3.05, 3.63) is 35.4 Å². The molecule has 0 aliphatic carbocycles. The van der Waals surface area contributed by atoms with Crippen LogP contribution in [0.4, 0.5) is 5.69 Å². The van der Waals surface area contributed by atoms with Gasteiger partial charge in [0.05, 0.1) is 23.7 Å². The van der Waals surface area contributed by atoms with Crippen molar-refractivity contribution in [1.82, 2.24) is 9.97 Å². The number of aromatic nitrogens is 2. The van der Waals surface area contributed by atoms with Gasteiger partial charge in [0.1, 0.15) is 5.82 Å². The van der Waals surface area contributed by atoms with E-state index in [0.29, 0.717) is 27.8 Å². The molecule has 3 rings (SSSR count). The lowest BCUT2D eigenvalue weighted by Crippen LogP contribution is -1.88. The highest BCUT2D eigenvalue weighted by atomic mass is 35.5. The maximum atomic E-state index is 10.2. The van der Waals surface area contributed by atoms with E-state index in [0.717, 1.165) is 11.0 Å². The van der Waals surface area contributed by atoms with Crippen molar-refractivity contribution in [3.63, 3.8) is 0 Å². The summed E-state index contributed by atoms with van der Waals surface area (Å²) in [4.78, 5) is 7.52. The van der Waals surface area contributed by atoms with E-state index in [2.05, 4.69) is 9.97 Å². The van der Waals surface area contributed by atoms with Crippen LogP contribution < -0.4 is 10.5 Å². The zero-order valence-electron chi connectivity index (χ0n) is 10.6. The number of phenols is 1. The van der Waals surface area contributed by atoms with Crippen molar-refractivity contribution in [3.8, 4) is 22.9 Å². The topological polar surface area (TPSA) is 84.2 Å². The van der Waals surface area contributed by atoms with E-state index in [1.807, 2.05) is 6.07 Å². The number of phenolic OH excluding ortho intramolecular Hbond substituents is 1. The van der Waals surface area contributed by atoms with Crippen LogP contribution in [0.25, 0.3) is 22.4 Å². The summed E-state index contributed by atoms with van der Waals surface area (Å²) in [6.07, 6.45) is 0. The van der Waals surface area contributed by atoms with Crippen LogP contribution in [0.15, 0.2) is 30.3 Å². The van der Waals surface area contributed by atoms with Crippen LogP contribution in [0.1, 0.15) is 0 Å². The number of hydrogen-bond donors (Lipinski definition) is 3. The monoisotopic (exact) mass is 289 g/mol. The smallest absolute Gasteiger partial charge is 0.168 e. The van der Waals surface area contributed by atoms with Gasteiger partial charge in [-0.1, -0.05) is 11.6 Å². The molecule has 5 nitrogen and oxygen atoms in total. The highest BCUT2D eigenvalue weighted by Crippen LogP contribution is 2.39. The number of anilines is 1. The summed E-state index contributed by atoms with van der Waals surface area (Å²) < 4.78 is 5.09. The number of halogens is 1. The number of hydrogen-bond acceptors (Lipinski definition) is 4. The van der Waals surface area contributed by atoms with Crippen LogP contribution in [0.3, 0.4) is 0 Å². The quantitative estimate of drug-likeness (QED) is 0.633. The second kappa shape index (κ2) is 4.61. The minimum absolute atomic E-state index is 0.0103. The van der Waals surface area contributed by atoms with Crippen molar-refractivity contribution < 1.29 is 9.84 Å². The lowest BCUT2D eigenvalue weighted by atomic mass is 10.1. The fourth-order valence-electron chi connectivity index (χ4n) is 2.07. The Morgan fingerprint density at radius 3 is 2.85 bits per heavy atom. The van der Waals surface area contributed by atoms with Crippen molar-refractivity contribution in [2.75, 3.05) is 12.8 Å². The van der Waals surface area contributed by atoms with E-state index in [4.69, 9.17) is 22.1 Å². The summed E-state index contributed by atoms with van der Waals surface area (Å²) in [7, 11) is 1.47. The molecule has 0 aliphatic heterocycles. The SMILES string of the molecule is COc1cc(Cl)cc(-c2nc3ccc(N)cc3[nH]2)c1O. The number of nitrogens with zero attached hydrogens (tertiary/aromatic N) is 1. The van der Waals surface area contributed by atoms with Gasteiger partial charge in [-0.3, -0.25) is 0 Å². The first kappa shape index (κ1) is 12.6. The average Bonchev–Trinajstić information content (AvgIpc) is 2.83. The second-order valence-electron chi connectivity index (χ2n) is 4.37. The third kappa shape index (κ3) is 2.02. The number of H-pyrrole nitrogens is 1. The molecular weight excluding hydrogens is 278 g/mol. The fraction of sp³-hybridized carbons (Fsp3) is 0.0714. The molecule has 0 radical (unpaired) electrons. The maximum absolute atomic E-state index is 10.2. The average molecular weight is 290 g/mol. The molecule has 0 atom stereocenters. The molecule has 0 saturated heterocycles. The molecule has 0 amide bonds. The van der Waals surface area contributed by atoms with Crippen LogP contribution in [0, 0.1) is 0 Å². The number of imidazole rings is 1. The molecule has 0 fully saturated rings. The van der Waals surface area contributed by atoms with Gasteiger partial charge in [-0.15, -0.1) is 0 Å². The number of aromatic amines is 1. The predicted molar refractivity (Wildman–Crippen MR) is 79.2 cm³/mol. The highest BCUT2D eigenvalue weighted by molar-refractivity contribution is 6.31. The third-order valence-corrected chi connectivity index (χ3v) is 3.24. The van der Waals surface area contributed by atoms with Crippen molar-refractivity contribution >= 4 is 28.3 Å². The molecular formula is C14H12ClN3O2. The van der Waals surface area contributed by atoms with Gasteiger partial charge in [-0.05, 0) is 24.3 Å². The summed E-state index contributed by atoms with van der Waals surface area (Å²) in [5.74, 6) is 0.792. The Labute approximate surface area is 120 Å². The number of ether oxygens (including phenoxy) is 1. The molecule has 6 heteroatoms. The minimum atomic E-state index is -0.0103. The molecule has 102 valence electrons. The van der Waals surface area contributed by atoms with E-state index in [1.165, 1.54) is 7.11 Å². The molecule has 0 saturated carbocycles. The Hall–Kier alpha value is -2.40. The molecule has 0 spiro atoms. The van der Waals surface area contributed by atoms with E-state index >= 15 is 0 Å². The normalized spacial score (nSPS) is 10.9. The molecule has 4 N–H and O–H groups in total. The number of benzene rings is 2. The van der Waals surface area contributed by atoms with E-state index < -0.39 is 0 Å². The van der Waals surface area contributed by atoms with Gasteiger partial charge in [-0.2, -0.15) is 0 Å². The summed E-state index contributed by atoms with van der Waals surface area (Å²) in [5, 5.41) is 10.6. The molecule has 2 aromatic carbocycles. The second-order valence-corrected chi connectivity index (χ2v) is 4.80. The summed E-state index contributed by atoms with van der Waals surface area (Å²) in [5.41, 5.74) is 8.40. The van der Waals surface area contributed by atoms with Gasteiger partial charge < -0.3 is 20.6 Å². The maximum Gasteiger partial charge on any atom is 0.168 e. The molecule has 0 unspecified atom stereocenters. The van der Waals surface area contributed by atoms with Crippen molar-refractivity contribution in [1.29, 1.82) is 0 Å². The van der Waals surface area contributed by atoms with Crippen LogP contribution >= 0.6 is 11.6 Å². The molecule has 1 heterocycles. The molecule has 0 bridgehead atoms.